The molecule has 0 aliphatic carbocycles. The molecule has 0 saturated heterocycles. The summed E-state index contributed by atoms with van der Waals surface area (Å²) >= 11 is 0. The Hall–Kier alpha value is -3.09. The summed E-state index contributed by atoms with van der Waals surface area (Å²) in [7, 11) is 0. The molecule has 4 rings (SSSR count). The molecule has 1 aliphatic rings. The molecule has 1 aliphatic heterocycles. The third-order valence-electron chi connectivity index (χ3n) is 4.38. The number of carbonyl (C=O) groups excluding carboxylic acids is 1. The van der Waals surface area contributed by atoms with Crippen LogP contribution in [0.1, 0.15) is 28.5 Å². The van der Waals surface area contributed by atoms with Gasteiger partial charge in [0.25, 0.3) is 5.56 Å². The number of para-hydroxylation sites is 1. The minimum absolute atomic E-state index is 0.247. The molecule has 3 heterocycles. The van der Waals surface area contributed by atoms with Crippen molar-refractivity contribution in [2.45, 2.75) is 19.9 Å². The average Bonchev–Trinajstić information content (AvgIpc) is 3.20. The number of aromatic nitrogens is 3. The standard InChI is InChI=1S/C18H18N4O3/c1-2-25-18(24)14-10-19-22-16(23)9-13(20-17(14)22)11-21-8-7-12-5-3-4-6-15(12)21/h3-6,9-10,19H,2,7-8,11H2,1H3. The number of esters is 1. The summed E-state index contributed by atoms with van der Waals surface area (Å²) in [5.74, 6) is -0.489. The number of hydrogen-bond acceptors (Lipinski definition) is 5. The summed E-state index contributed by atoms with van der Waals surface area (Å²) in [5.41, 5.74) is 3.42. The van der Waals surface area contributed by atoms with Crippen LogP contribution in [0.2, 0.25) is 0 Å². The fourth-order valence-electron chi connectivity index (χ4n) is 3.24. The van der Waals surface area contributed by atoms with Gasteiger partial charge in [-0.15, -0.1) is 0 Å². The van der Waals surface area contributed by atoms with E-state index < -0.39 is 5.97 Å². The van der Waals surface area contributed by atoms with Crippen molar-refractivity contribution in [3.05, 3.63) is 63.7 Å². The van der Waals surface area contributed by atoms with Crippen LogP contribution in [-0.2, 0) is 17.7 Å². The molecule has 3 aromatic rings. The van der Waals surface area contributed by atoms with Crippen LogP contribution in [0.15, 0.2) is 41.3 Å². The number of H-pyrrole nitrogens is 1. The highest BCUT2D eigenvalue weighted by Crippen LogP contribution is 2.28. The number of fused-ring (bicyclic) bond motifs is 2. The first-order valence-electron chi connectivity index (χ1n) is 8.27. The minimum Gasteiger partial charge on any atom is -0.462 e. The lowest BCUT2D eigenvalue weighted by molar-refractivity contribution is 0.0528. The van der Waals surface area contributed by atoms with E-state index in [0.29, 0.717) is 17.9 Å². The van der Waals surface area contributed by atoms with Crippen molar-refractivity contribution in [1.29, 1.82) is 0 Å². The Kier molecular flexibility index (Phi) is 3.76. The summed E-state index contributed by atoms with van der Waals surface area (Å²) < 4.78 is 6.29. The predicted molar refractivity (Wildman–Crippen MR) is 93.0 cm³/mol. The van der Waals surface area contributed by atoms with E-state index in [4.69, 9.17) is 4.74 Å². The van der Waals surface area contributed by atoms with E-state index in [1.54, 1.807) is 6.92 Å². The van der Waals surface area contributed by atoms with Gasteiger partial charge in [-0.05, 0) is 25.0 Å². The number of benzene rings is 1. The van der Waals surface area contributed by atoms with Gasteiger partial charge in [-0.2, -0.15) is 0 Å². The van der Waals surface area contributed by atoms with Gasteiger partial charge >= 0.3 is 5.97 Å². The highest BCUT2D eigenvalue weighted by Gasteiger charge is 2.21. The van der Waals surface area contributed by atoms with E-state index >= 15 is 0 Å². The van der Waals surface area contributed by atoms with Crippen molar-refractivity contribution in [2.24, 2.45) is 0 Å². The number of carbonyl (C=O) groups is 1. The van der Waals surface area contributed by atoms with Crippen molar-refractivity contribution in [2.75, 3.05) is 18.1 Å². The number of anilines is 1. The smallest absolute Gasteiger partial charge is 0.343 e. The van der Waals surface area contributed by atoms with Crippen LogP contribution < -0.4 is 10.5 Å². The van der Waals surface area contributed by atoms with Gasteiger partial charge in [-0.25, -0.2) is 14.3 Å². The molecule has 2 aromatic heterocycles. The molecule has 0 spiro atoms. The molecule has 0 unspecified atom stereocenters. The summed E-state index contributed by atoms with van der Waals surface area (Å²) in [6.07, 6.45) is 2.44. The van der Waals surface area contributed by atoms with Gasteiger partial charge in [-0.1, -0.05) is 18.2 Å². The van der Waals surface area contributed by atoms with Crippen LogP contribution in [0.4, 0.5) is 5.69 Å². The number of aromatic amines is 1. The van der Waals surface area contributed by atoms with Crippen LogP contribution in [-0.4, -0.2) is 33.7 Å². The molecule has 7 nitrogen and oxygen atoms in total. The largest absolute Gasteiger partial charge is 0.462 e. The van der Waals surface area contributed by atoms with E-state index in [9.17, 15) is 9.59 Å². The molecule has 0 radical (unpaired) electrons. The maximum Gasteiger partial charge on any atom is 0.343 e. The van der Waals surface area contributed by atoms with E-state index in [1.807, 2.05) is 12.1 Å². The van der Waals surface area contributed by atoms with E-state index in [1.165, 1.54) is 28.0 Å². The molecule has 0 amide bonds. The third kappa shape index (κ3) is 2.67. The van der Waals surface area contributed by atoms with Crippen molar-refractivity contribution < 1.29 is 9.53 Å². The van der Waals surface area contributed by atoms with Crippen LogP contribution in [0.25, 0.3) is 5.65 Å². The van der Waals surface area contributed by atoms with E-state index in [0.717, 1.165) is 13.0 Å². The summed E-state index contributed by atoms with van der Waals surface area (Å²) in [6, 6.07) is 9.73. The third-order valence-corrected chi connectivity index (χ3v) is 4.38. The fourth-order valence-corrected chi connectivity index (χ4v) is 3.24. The molecule has 1 aromatic carbocycles. The number of hydrogen-bond donors (Lipinski definition) is 1. The Morgan fingerprint density at radius 1 is 1.36 bits per heavy atom. The van der Waals surface area contributed by atoms with Gasteiger partial charge in [0.05, 0.1) is 18.8 Å². The normalized spacial score (nSPS) is 13.2. The zero-order valence-electron chi connectivity index (χ0n) is 13.9. The molecular weight excluding hydrogens is 320 g/mol. The fraction of sp³-hybridized carbons (Fsp3) is 0.278. The average molecular weight is 338 g/mol. The predicted octanol–water partition coefficient (Wildman–Crippen LogP) is 1.76. The molecule has 128 valence electrons. The lowest BCUT2D eigenvalue weighted by Gasteiger charge is -2.18. The Morgan fingerprint density at radius 3 is 3.04 bits per heavy atom. The number of ether oxygens (including phenoxy) is 1. The zero-order valence-corrected chi connectivity index (χ0v) is 13.9. The van der Waals surface area contributed by atoms with Gasteiger partial charge in [0.2, 0.25) is 0 Å². The highest BCUT2D eigenvalue weighted by molar-refractivity contribution is 5.95. The molecule has 0 bridgehead atoms. The maximum absolute atomic E-state index is 12.3. The van der Waals surface area contributed by atoms with Crippen molar-refractivity contribution in [1.82, 2.24) is 14.6 Å². The van der Waals surface area contributed by atoms with Crippen molar-refractivity contribution in [3.63, 3.8) is 0 Å². The van der Waals surface area contributed by atoms with Gasteiger partial charge in [0.15, 0.2) is 5.65 Å². The second-order valence-corrected chi connectivity index (χ2v) is 5.95. The summed E-state index contributed by atoms with van der Waals surface area (Å²) in [6.45, 7) is 3.42. The lowest BCUT2D eigenvalue weighted by Crippen LogP contribution is -2.23. The molecule has 0 atom stereocenters. The van der Waals surface area contributed by atoms with E-state index in [-0.39, 0.29) is 17.7 Å². The first-order valence-corrected chi connectivity index (χ1v) is 8.27. The Morgan fingerprint density at radius 2 is 2.20 bits per heavy atom. The number of nitrogens with one attached hydrogen (secondary N) is 1. The summed E-state index contributed by atoms with van der Waals surface area (Å²) in [5, 5.41) is 2.76. The van der Waals surface area contributed by atoms with Gasteiger partial charge < -0.3 is 9.64 Å². The Labute approximate surface area is 143 Å². The van der Waals surface area contributed by atoms with Crippen molar-refractivity contribution in [3.8, 4) is 0 Å². The van der Waals surface area contributed by atoms with Crippen LogP contribution in [0, 0.1) is 0 Å². The summed E-state index contributed by atoms with van der Waals surface area (Å²) in [4.78, 5) is 31.1. The topological polar surface area (TPSA) is 79.7 Å². The molecule has 0 fully saturated rings. The monoisotopic (exact) mass is 338 g/mol. The maximum atomic E-state index is 12.3. The molecule has 0 saturated carbocycles. The minimum atomic E-state index is -0.489. The first-order chi connectivity index (χ1) is 12.2. The SMILES string of the molecule is CCOC(=O)c1c[nH]n2c(=O)cc(CN3CCc4ccccc43)nc12. The molecule has 1 N–H and O–H groups in total. The highest BCUT2D eigenvalue weighted by atomic mass is 16.5. The lowest BCUT2D eigenvalue weighted by atomic mass is 10.2. The van der Waals surface area contributed by atoms with Crippen LogP contribution in [0.3, 0.4) is 0 Å². The second kappa shape index (κ2) is 6.08. The first kappa shape index (κ1) is 15.4. The molecule has 25 heavy (non-hydrogen) atoms. The Balaban J connectivity index is 1.70. The Bertz CT molecular complexity index is 1000. The molecule has 7 heteroatoms. The van der Waals surface area contributed by atoms with Crippen LogP contribution in [0.5, 0.6) is 0 Å². The van der Waals surface area contributed by atoms with Gasteiger partial charge in [0, 0.05) is 24.5 Å². The van der Waals surface area contributed by atoms with Crippen molar-refractivity contribution >= 4 is 17.3 Å². The van der Waals surface area contributed by atoms with Crippen LogP contribution >= 0.6 is 0 Å². The molecular formula is C18H18N4O3. The zero-order chi connectivity index (χ0) is 17.4. The van der Waals surface area contributed by atoms with Gasteiger partial charge in [0.1, 0.15) is 5.56 Å². The quantitative estimate of drug-likeness (QED) is 0.733. The number of nitrogens with zero attached hydrogens (tertiary/aromatic N) is 3. The van der Waals surface area contributed by atoms with Gasteiger partial charge in [-0.3, -0.25) is 9.89 Å². The second-order valence-electron chi connectivity index (χ2n) is 5.95. The van der Waals surface area contributed by atoms with E-state index in [2.05, 4.69) is 27.1 Å². The number of rotatable bonds is 4.